The molecule has 0 amide bonds. The number of hydrogen-bond acceptors (Lipinski definition) is 5. The van der Waals surface area contributed by atoms with Gasteiger partial charge in [-0.25, -0.2) is 4.79 Å². The van der Waals surface area contributed by atoms with Gasteiger partial charge in [-0.3, -0.25) is 4.79 Å². The van der Waals surface area contributed by atoms with Gasteiger partial charge in [-0.1, -0.05) is 6.07 Å². The fraction of sp³-hybridized carbons (Fsp3) is 0.333. The molecule has 1 rings (SSSR count). The number of rotatable bonds is 4. The molecule has 106 valence electrons. The van der Waals surface area contributed by atoms with E-state index in [0.29, 0.717) is 5.56 Å². The Labute approximate surface area is 116 Å². The SMILES string of the molecule is COC(=O)C[C@H](N)c1c(C(=O)O)ccc(C)c1O.Cl. The summed E-state index contributed by atoms with van der Waals surface area (Å²) < 4.78 is 4.46. The number of carboxylic acids is 1. The van der Waals surface area contributed by atoms with Gasteiger partial charge in [-0.15, -0.1) is 12.4 Å². The van der Waals surface area contributed by atoms with Gasteiger partial charge < -0.3 is 20.7 Å². The number of halogens is 1. The van der Waals surface area contributed by atoms with Gasteiger partial charge in [0.2, 0.25) is 0 Å². The van der Waals surface area contributed by atoms with Crippen LogP contribution in [-0.4, -0.2) is 29.3 Å². The van der Waals surface area contributed by atoms with Crippen molar-refractivity contribution in [1.29, 1.82) is 0 Å². The van der Waals surface area contributed by atoms with Crippen LogP contribution in [0.3, 0.4) is 0 Å². The molecule has 0 bridgehead atoms. The van der Waals surface area contributed by atoms with E-state index >= 15 is 0 Å². The average Bonchev–Trinajstić information content (AvgIpc) is 2.31. The molecule has 0 aliphatic rings. The molecule has 0 aliphatic carbocycles. The lowest BCUT2D eigenvalue weighted by Crippen LogP contribution is -2.19. The van der Waals surface area contributed by atoms with Crippen LogP contribution in [0.2, 0.25) is 0 Å². The molecule has 0 saturated carbocycles. The van der Waals surface area contributed by atoms with Gasteiger partial charge in [0.1, 0.15) is 5.75 Å². The molecule has 0 spiro atoms. The number of methoxy groups -OCH3 is 1. The van der Waals surface area contributed by atoms with E-state index in [-0.39, 0.29) is 35.7 Å². The number of aryl methyl sites for hydroxylation is 1. The predicted molar refractivity (Wildman–Crippen MR) is 70.6 cm³/mol. The molecule has 4 N–H and O–H groups in total. The van der Waals surface area contributed by atoms with Crippen LogP contribution in [0.15, 0.2) is 12.1 Å². The number of hydrogen-bond donors (Lipinski definition) is 3. The van der Waals surface area contributed by atoms with E-state index in [1.165, 1.54) is 19.2 Å². The van der Waals surface area contributed by atoms with Gasteiger partial charge >= 0.3 is 11.9 Å². The average molecular weight is 290 g/mol. The van der Waals surface area contributed by atoms with E-state index in [0.717, 1.165) is 0 Å². The first-order valence-electron chi connectivity index (χ1n) is 5.26. The van der Waals surface area contributed by atoms with Crippen molar-refractivity contribution >= 4 is 24.3 Å². The van der Waals surface area contributed by atoms with Gasteiger partial charge in [0.15, 0.2) is 0 Å². The Morgan fingerprint density at radius 3 is 2.47 bits per heavy atom. The third-order valence-corrected chi connectivity index (χ3v) is 2.63. The molecule has 1 atom stereocenters. The Morgan fingerprint density at radius 2 is 2.00 bits per heavy atom. The fourth-order valence-corrected chi connectivity index (χ4v) is 1.64. The third-order valence-electron chi connectivity index (χ3n) is 2.63. The van der Waals surface area contributed by atoms with Gasteiger partial charge in [-0.2, -0.15) is 0 Å². The monoisotopic (exact) mass is 289 g/mol. The molecule has 0 aromatic heterocycles. The molecule has 1 aromatic rings. The van der Waals surface area contributed by atoms with E-state index in [4.69, 9.17) is 10.8 Å². The van der Waals surface area contributed by atoms with Crippen LogP contribution in [-0.2, 0) is 9.53 Å². The number of aromatic hydroxyl groups is 1. The highest BCUT2D eigenvalue weighted by Crippen LogP contribution is 2.31. The second kappa shape index (κ2) is 6.96. The van der Waals surface area contributed by atoms with Crippen molar-refractivity contribution in [2.45, 2.75) is 19.4 Å². The minimum absolute atomic E-state index is 0. The second-order valence-electron chi connectivity index (χ2n) is 3.88. The first kappa shape index (κ1) is 17.2. The molecule has 7 heteroatoms. The predicted octanol–water partition coefficient (Wildman–Crippen LogP) is 1.38. The van der Waals surface area contributed by atoms with Crippen molar-refractivity contribution in [2.75, 3.05) is 7.11 Å². The Kier molecular flexibility index (Phi) is 6.31. The summed E-state index contributed by atoms with van der Waals surface area (Å²) in [4.78, 5) is 22.2. The van der Waals surface area contributed by atoms with E-state index in [1.807, 2.05) is 0 Å². The normalized spacial score (nSPS) is 11.3. The Morgan fingerprint density at radius 1 is 1.42 bits per heavy atom. The summed E-state index contributed by atoms with van der Waals surface area (Å²) >= 11 is 0. The third kappa shape index (κ3) is 3.84. The molecule has 0 unspecified atom stereocenters. The Hall–Kier alpha value is -1.79. The van der Waals surface area contributed by atoms with Crippen molar-refractivity contribution in [1.82, 2.24) is 0 Å². The summed E-state index contributed by atoms with van der Waals surface area (Å²) in [5, 5.41) is 18.9. The smallest absolute Gasteiger partial charge is 0.336 e. The molecule has 6 nitrogen and oxygen atoms in total. The highest BCUT2D eigenvalue weighted by Gasteiger charge is 2.23. The van der Waals surface area contributed by atoms with Crippen LogP contribution in [0.4, 0.5) is 0 Å². The van der Waals surface area contributed by atoms with E-state index in [9.17, 15) is 14.7 Å². The quantitative estimate of drug-likeness (QED) is 0.722. The molecule has 0 saturated heterocycles. The maximum absolute atomic E-state index is 11.1. The summed E-state index contributed by atoms with van der Waals surface area (Å²) in [5.41, 5.74) is 6.18. The molecule has 0 fully saturated rings. The molecule has 19 heavy (non-hydrogen) atoms. The van der Waals surface area contributed by atoms with Crippen LogP contribution >= 0.6 is 12.4 Å². The van der Waals surface area contributed by atoms with Crippen molar-refractivity contribution in [3.8, 4) is 5.75 Å². The van der Waals surface area contributed by atoms with Gasteiger partial charge in [-0.05, 0) is 18.6 Å². The number of aromatic carboxylic acids is 1. The Balaban J connectivity index is 0.00000324. The first-order valence-corrected chi connectivity index (χ1v) is 5.26. The van der Waals surface area contributed by atoms with Gasteiger partial charge in [0.05, 0.1) is 19.1 Å². The fourth-order valence-electron chi connectivity index (χ4n) is 1.64. The highest BCUT2D eigenvalue weighted by atomic mass is 35.5. The summed E-state index contributed by atoms with van der Waals surface area (Å²) in [6, 6.07) is 1.90. The van der Waals surface area contributed by atoms with E-state index < -0.39 is 18.0 Å². The molecule has 1 aromatic carbocycles. The first-order chi connectivity index (χ1) is 8.38. The zero-order chi connectivity index (χ0) is 13.9. The summed E-state index contributed by atoms with van der Waals surface area (Å²) in [5.74, 6) is -1.98. The highest BCUT2D eigenvalue weighted by molar-refractivity contribution is 5.91. The molecule has 0 heterocycles. The van der Waals surface area contributed by atoms with E-state index in [2.05, 4.69) is 4.74 Å². The lowest BCUT2D eigenvalue weighted by molar-refractivity contribution is -0.141. The minimum atomic E-state index is -1.21. The molecular weight excluding hydrogens is 274 g/mol. The lowest BCUT2D eigenvalue weighted by atomic mass is 9.95. The molecular formula is C12H16ClNO5. The number of carboxylic acid groups (broad SMARTS) is 1. The maximum Gasteiger partial charge on any atom is 0.336 e. The van der Waals surface area contributed by atoms with Crippen molar-refractivity contribution in [2.24, 2.45) is 5.73 Å². The van der Waals surface area contributed by atoms with Crippen LogP contribution in [0.1, 0.15) is 33.9 Å². The zero-order valence-electron chi connectivity index (χ0n) is 10.5. The number of ether oxygens (including phenoxy) is 1. The molecule has 0 aliphatic heterocycles. The summed E-state index contributed by atoms with van der Waals surface area (Å²) in [7, 11) is 1.21. The van der Waals surface area contributed by atoms with Crippen LogP contribution < -0.4 is 5.73 Å². The minimum Gasteiger partial charge on any atom is -0.507 e. The maximum atomic E-state index is 11.1. The summed E-state index contributed by atoms with van der Waals surface area (Å²) in [6.07, 6.45) is -0.201. The standard InChI is InChI=1S/C12H15NO5.ClH/c1-6-3-4-7(12(16)17)10(11(6)15)8(13)5-9(14)18-2;/h3-4,8,15H,5,13H2,1-2H3,(H,16,17);1H/t8-;/m0./s1. The van der Waals surface area contributed by atoms with Crippen molar-refractivity contribution < 1.29 is 24.5 Å². The number of phenols is 1. The number of carbonyl (C=O) groups is 2. The molecule has 0 radical (unpaired) electrons. The Bertz CT molecular complexity index is 489. The van der Waals surface area contributed by atoms with Gasteiger partial charge in [0.25, 0.3) is 0 Å². The van der Waals surface area contributed by atoms with Crippen molar-refractivity contribution in [3.63, 3.8) is 0 Å². The summed E-state index contributed by atoms with van der Waals surface area (Å²) in [6.45, 7) is 1.62. The van der Waals surface area contributed by atoms with Gasteiger partial charge in [0, 0.05) is 11.6 Å². The van der Waals surface area contributed by atoms with Crippen LogP contribution in [0.5, 0.6) is 5.75 Å². The van der Waals surface area contributed by atoms with Crippen LogP contribution in [0, 0.1) is 6.92 Å². The topological polar surface area (TPSA) is 110 Å². The van der Waals surface area contributed by atoms with Crippen molar-refractivity contribution in [3.05, 3.63) is 28.8 Å². The second-order valence-corrected chi connectivity index (χ2v) is 3.88. The lowest BCUT2D eigenvalue weighted by Gasteiger charge is -2.16. The van der Waals surface area contributed by atoms with E-state index in [1.54, 1.807) is 6.92 Å². The largest absolute Gasteiger partial charge is 0.507 e. The number of carbonyl (C=O) groups excluding carboxylic acids is 1. The number of esters is 1. The van der Waals surface area contributed by atoms with Crippen LogP contribution in [0.25, 0.3) is 0 Å². The number of benzene rings is 1. The number of phenolic OH excluding ortho intramolecular Hbond substituents is 1. The number of nitrogens with two attached hydrogens (primary N) is 1. The zero-order valence-corrected chi connectivity index (χ0v) is 11.4.